The smallest absolute Gasteiger partial charge is 0.461 e. The molecule has 0 atom stereocenters. The maximum atomic E-state index is 11.8. The van der Waals surface area contributed by atoms with Gasteiger partial charge in [0.15, 0.2) is 5.69 Å². The summed E-state index contributed by atoms with van der Waals surface area (Å²) in [6, 6.07) is 7.88. The summed E-state index contributed by atoms with van der Waals surface area (Å²) in [5.74, 6) is -0.396. The SMILES string of the molecule is CCOC(=O)c1csc(-c2cccc(B3OC(C)(C)C(C)(C)O3)c2)n1. The van der Waals surface area contributed by atoms with Gasteiger partial charge in [-0.25, -0.2) is 9.78 Å². The van der Waals surface area contributed by atoms with Crippen LogP contribution in [-0.4, -0.2) is 35.9 Å². The predicted octanol–water partition coefficient (Wildman–Crippen LogP) is 3.29. The topological polar surface area (TPSA) is 57.7 Å². The first-order valence-electron chi connectivity index (χ1n) is 8.32. The normalized spacial score (nSPS) is 18.4. The van der Waals surface area contributed by atoms with E-state index in [4.69, 9.17) is 14.0 Å². The van der Waals surface area contributed by atoms with Gasteiger partial charge in [0.25, 0.3) is 0 Å². The zero-order chi connectivity index (χ0) is 18.2. The first kappa shape index (κ1) is 18.1. The molecule has 1 saturated heterocycles. The highest BCUT2D eigenvalue weighted by atomic mass is 32.1. The van der Waals surface area contributed by atoms with Gasteiger partial charge in [-0.1, -0.05) is 24.3 Å². The van der Waals surface area contributed by atoms with Crippen LogP contribution in [0.1, 0.15) is 45.1 Å². The number of carbonyl (C=O) groups is 1. The molecule has 2 heterocycles. The Morgan fingerprint density at radius 1 is 1.24 bits per heavy atom. The zero-order valence-corrected chi connectivity index (χ0v) is 16.0. The molecule has 0 N–H and O–H groups in total. The maximum absolute atomic E-state index is 11.8. The van der Waals surface area contributed by atoms with Gasteiger partial charge >= 0.3 is 13.1 Å². The lowest BCUT2D eigenvalue weighted by molar-refractivity contribution is 0.00578. The van der Waals surface area contributed by atoms with Crippen LogP contribution < -0.4 is 5.46 Å². The van der Waals surface area contributed by atoms with Gasteiger partial charge in [-0.15, -0.1) is 11.3 Å². The number of ether oxygens (including phenoxy) is 1. The van der Waals surface area contributed by atoms with E-state index in [9.17, 15) is 4.79 Å². The van der Waals surface area contributed by atoms with Crippen molar-refractivity contribution in [3.63, 3.8) is 0 Å². The molecule has 0 aliphatic carbocycles. The number of hydrogen-bond donors (Lipinski definition) is 0. The van der Waals surface area contributed by atoms with E-state index in [0.29, 0.717) is 12.3 Å². The minimum absolute atomic E-state index is 0.336. The minimum atomic E-state index is -0.422. The first-order chi connectivity index (χ1) is 11.7. The quantitative estimate of drug-likeness (QED) is 0.619. The molecule has 7 heteroatoms. The third-order valence-corrected chi connectivity index (χ3v) is 5.54. The molecule has 0 spiro atoms. The largest absolute Gasteiger partial charge is 0.494 e. The van der Waals surface area contributed by atoms with Crippen molar-refractivity contribution in [2.45, 2.75) is 45.8 Å². The summed E-state index contributed by atoms with van der Waals surface area (Å²) in [5.41, 5.74) is 1.43. The van der Waals surface area contributed by atoms with E-state index in [-0.39, 0.29) is 11.2 Å². The van der Waals surface area contributed by atoms with Crippen LogP contribution in [0.2, 0.25) is 0 Å². The average Bonchev–Trinajstić information content (AvgIpc) is 3.11. The average molecular weight is 359 g/mol. The van der Waals surface area contributed by atoms with Gasteiger partial charge in [-0.05, 0) is 40.1 Å². The zero-order valence-electron chi connectivity index (χ0n) is 15.2. The van der Waals surface area contributed by atoms with Crippen LogP contribution in [-0.2, 0) is 14.0 Å². The molecular formula is C18H22BNO4S. The van der Waals surface area contributed by atoms with Crippen LogP contribution >= 0.6 is 11.3 Å². The van der Waals surface area contributed by atoms with Crippen LogP contribution in [0.25, 0.3) is 10.6 Å². The summed E-state index contributed by atoms with van der Waals surface area (Å²) in [6.07, 6.45) is 0. The number of esters is 1. The first-order valence-corrected chi connectivity index (χ1v) is 9.20. The minimum Gasteiger partial charge on any atom is -0.461 e. The summed E-state index contributed by atoms with van der Waals surface area (Å²) >= 11 is 1.41. The fraction of sp³-hybridized carbons (Fsp3) is 0.444. The molecule has 3 rings (SSSR count). The molecule has 5 nitrogen and oxygen atoms in total. The molecule has 1 aliphatic rings. The molecule has 25 heavy (non-hydrogen) atoms. The van der Waals surface area contributed by atoms with Gasteiger partial charge in [0.1, 0.15) is 5.01 Å². The Kier molecular flexibility index (Phi) is 4.75. The van der Waals surface area contributed by atoms with Gasteiger partial charge in [0.2, 0.25) is 0 Å². The molecule has 0 bridgehead atoms. The number of nitrogens with zero attached hydrogens (tertiary/aromatic N) is 1. The third-order valence-electron chi connectivity index (χ3n) is 4.65. The Balaban J connectivity index is 1.85. The maximum Gasteiger partial charge on any atom is 0.494 e. The summed E-state index contributed by atoms with van der Waals surface area (Å²) < 4.78 is 17.2. The second kappa shape index (κ2) is 6.55. The highest BCUT2D eigenvalue weighted by molar-refractivity contribution is 7.13. The highest BCUT2D eigenvalue weighted by Gasteiger charge is 2.51. The number of rotatable bonds is 4. The van der Waals surface area contributed by atoms with E-state index < -0.39 is 13.1 Å². The molecular weight excluding hydrogens is 337 g/mol. The van der Waals surface area contributed by atoms with Crippen LogP contribution in [0.15, 0.2) is 29.6 Å². The molecule has 0 amide bonds. The second-order valence-electron chi connectivity index (χ2n) is 6.97. The van der Waals surface area contributed by atoms with E-state index in [0.717, 1.165) is 16.0 Å². The number of aromatic nitrogens is 1. The molecule has 1 aromatic heterocycles. The second-order valence-corrected chi connectivity index (χ2v) is 7.83. The van der Waals surface area contributed by atoms with Crippen molar-refractivity contribution >= 4 is 29.9 Å². The van der Waals surface area contributed by atoms with Crippen LogP contribution in [0.4, 0.5) is 0 Å². The number of benzene rings is 1. The number of carbonyl (C=O) groups excluding carboxylic acids is 1. The van der Waals surface area contributed by atoms with Gasteiger partial charge in [0.05, 0.1) is 17.8 Å². The Bertz CT molecular complexity index is 771. The molecule has 1 aliphatic heterocycles. The van der Waals surface area contributed by atoms with Crippen LogP contribution in [0, 0.1) is 0 Å². The molecule has 132 valence electrons. The van der Waals surface area contributed by atoms with E-state index >= 15 is 0 Å². The van der Waals surface area contributed by atoms with E-state index in [1.54, 1.807) is 12.3 Å². The summed E-state index contributed by atoms with van der Waals surface area (Å²) in [6.45, 7) is 10.2. The van der Waals surface area contributed by atoms with Crippen LogP contribution in [0.3, 0.4) is 0 Å². The molecule has 0 saturated carbocycles. The van der Waals surface area contributed by atoms with Crippen molar-refractivity contribution in [3.8, 4) is 10.6 Å². The van der Waals surface area contributed by atoms with Gasteiger partial charge in [-0.2, -0.15) is 0 Å². The summed E-state index contributed by atoms with van der Waals surface area (Å²) in [7, 11) is -0.422. The summed E-state index contributed by atoms with van der Waals surface area (Å²) in [4.78, 5) is 16.2. The lowest BCUT2D eigenvalue weighted by atomic mass is 9.78. The molecule has 2 aromatic rings. The van der Waals surface area contributed by atoms with Crippen molar-refractivity contribution in [2.24, 2.45) is 0 Å². The van der Waals surface area contributed by atoms with Gasteiger partial charge in [0, 0.05) is 10.9 Å². The lowest BCUT2D eigenvalue weighted by Crippen LogP contribution is -2.41. The van der Waals surface area contributed by atoms with E-state index in [1.165, 1.54) is 11.3 Å². The number of hydrogen-bond acceptors (Lipinski definition) is 6. The number of thiazole rings is 1. The molecule has 1 aromatic carbocycles. The highest BCUT2D eigenvalue weighted by Crippen LogP contribution is 2.36. The Labute approximate surface area is 152 Å². The standard InChI is InChI=1S/C18H22BNO4S/c1-6-22-16(21)14-11-25-15(20-14)12-8-7-9-13(10-12)19-23-17(2,3)18(4,5)24-19/h7-11H,6H2,1-5H3. The van der Waals surface area contributed by atoms with Crippen molar-refractivity contribution in [3.05, 3.63) is 35.3 Å². The molecule has 0 radical (unpaired) electrons. The Morgan fingerprint density at radius 3 is 2.56 bits per heavy atom. The Morgan fingerprint density at radius 2 is 1.92 bits per heavy atom. The van der Waals surface area contributed by atoms with E-state index in [2.05, 4.69) is 4.98 Å². The van der Waals surface area contributed by atoms with Crippen LogP contribution in [0.5, 0.6) is 0 Å². The monoisotopic (exact) mass is 359 g/mol. The van der Waals surface area contributed by atoms with Crippen molar-refractivity contribution < 1.29 is 18.8 Å². The summed E-state index contributed by atoms with van der Waals surface area (Å²) in [5, 5.41) is 2.48. The lowest BCUT2D eigenvalue weighted by Gasteiger charge is -2.32. The fourth-order valence-electron chi connectivity index (χ4n) is 2.50. The van der Waals surface area contributed by atoms with Crippen molar-refractivity contribution in [2.75, 3.05) is 6.61 Å². The van der Waals surface area contributed by atoms with Gasteiger partial charge in [-0.3, -0.25) is 0 Å². The Hall–Kier alpha value is -1.70. The van der Waals surface area contributed by atoms with Crippen molar-refractivity contribution in [1.82, 2.24) is 4.98 Å². The molecule has 0 unspecified atom stereocenters. The third kappa shape index (κ3) is 3.49. The molecule has 1 fully saturated rings. The van der Waals surface area contributed by atoms with Gasteiger partial charge < -0.3 is 14.0 Å². The van der Waals surface area contributed by atoms with E-state index in [1.807, 2.05) is 52.0 Å². The predicted molar refractivity (Wildman–Crippen MR) is 99.2 cm³/mol. The van der Waals surface area contributed by atoms with Crippen molar-refractivity contribution in [1.29, 1.82) is 0 Å². The fourth-order valence-corrected chi connectivity index (χ4v) is 3.29.